The molecule has 1 aromatic heterocycles. The highest BCUT2D eigenvalue weighted by Crippen LogP contribution is 2.24. The first kappa shape index (κ1) is 18.1. The fraction of sp³-hybridized carbons (Fsp3) is 0.400. The van der Waals surface area contributed by atoms with Gasteiger partial charge in [0.1, 0.15) is 0 Å². The number of carbonyl (C=O) groups excluding carboxylic acids is 1. The van der Waals surface area contributed by atoms with E-state index < -0.39 is 11.9 Å². The van der Waals surface area contributed by atoms with E-state index in [-0.39, 0.29) is 13.2 Å². The number of halogens is 1. The van der Waals surface area contributed by atoms with Crippen LogP contribution < -0.4 is 0 Å². The summed E-state index contributed by atoms with van der Waals surface area (Å²) >= 11 is 5.96. The molecule has 0 spiro atoms. The molecule has 0 unspecified atom stereocenters. The zero-order valence-electron chi connectivity index (χ0n) is 12.8. The highest BCUT2D eigenvalue weighted by Gasteiger charge is 2.26. The van der Waals surface area contributed by atoms with Crippen LogP contribution in [0.3, 0.4) is 0 Å². The molecule has 0 aliphatic rings. The predicted octanol–water partition coefficient (Wildman–Crippen LogP) is 2.44. The summed E-state index contributed by atoms with van der Waals surface area (Å²) in [4.78, 5) is 28.5. The monoisotopic (exact) mass is 326 g/mol. The number of carbonyl (C=O) groups is 2. The third-order valence-electron chi connectivity index (χ3n) is 2.80. The third kappa shape index (κ3) is 4.82. The van der Waals surface area contributed by atoms with Gasteiger partial charge in [0.05, 0.1) is 18.0 Å². The van der Waals surface area contributed by atoms with Crippen LogP contribution in [0.4, 0.5) is 0 Å². The van der Waals surface area contributed by atoms with Gasteiger partial charge >= 0.3 is 11.9 Å². The standard InChI is InChI=1S/C15H19ClN2O4/c1-4-22-8-7-18(14(19)15(20)21)13(10(2)3)12-9-11(16)5-6-17-12/h5-6,9H,4,7-8H2,1-3H3,(H,20,21). The topological polar surface area (TPSA) is 79.7 Å². The van der Waals surface area contributed by atoms with Crippen LogP contribution in [0, 0.1) is 0 Å². The Labute approximate surface area is 134 Å². The Balaban J connectivity index is 3.24. The number of amides is 1. The summed E-state index contributed by atoms with van der Waals surface area (Å²) in [5, 5.41) is 9.49. The summed E-state index contributed by atoms with van der Waals surface area (Å²) in [5.41, 5.74) is 1.62. The van der Waals surface area contributed by atoms with E-state index in [0.717, 1.165) is 10.5 Å². The van der Waals surface area contributed by atoms with Crippen molar-refractivity contribution in [3.05, 3.63) is 34.6 Å². The Morgan fingerprint density at radius 1 is 1.41 bits per heavy atom. The molecule has 0 bridgehead atoms. The molecule has 0 saturated carbocycles. The molecule has 1 amide bonds. The maximum atomic E-state index is 12.0. The lowest BCUT2D eigenvalue weighted by molar-refractivity contribution is -0.154. The Morgan fingerprint density at radius 2 is 2.09 bits per heavy atom. The second kappa shape index (κ2) is 8.51. The molecule has 120 valence electrons. The molecule has 0 radical (unpaired) electrons. The van der Waals surface area contributed by atoms with Gasteiger partial charge in [-0.05, 0) is 32.9 Å². The van der Waals surface area contributed by atoms with Crippen molar-refractivity contribution in [3.8, 4) is 0 Å². The van der Waals surface area contributed by atoms with Gasteiger partial charge in [-0.1, -0.05) is 17.2 Å². The van der Waals surface area contributed by atoms with Crippen molar-refractivity contribution in [2.24, 2.45) is 0 Å². The zero-order valence-corrected chi connectivity index (χ0v) is 13.6. The average molecular weight is 327 g/mol. The van der Waals surface area contributed by atoms with E-state index in [2.05, 4.69) is 4.98 Å². The van der Waals surface area contributed by atoms with Gasteiger partial charge < -0.3 is 9.84 Å². The number of hydrogen-bond acceptors (Lipinski definition) is 4. The van der Waals surface area contributed by atoms with Gasteiger partial charge in [-0.15, -0.1) is 0 Å². The Kier molecular flexibility index (Phi) is 7.01. The van der Waals surface area contributed by atoms with Gasteiger partial charge in [0.15, 0.2) is 0 Å². The Hall–Kier alpha value is -1.92. The minimum Gasteiger partial charge on any atom is -0.474 e. The lowest BCUT2D eigenvalue weighted by Gasteiger charge is -2.25. The van der Waals surface area contributed by atoms with Gasteiger partial charge in [-0.3, -0.25) is 14.7 Å². The number of carboxylic acid groups (broad SMARTS) is 1. The van der Waals surface area contributed by atoms with E-state index in [0.29, 0.717) is 23.0 Å². The van der Waals surface area contributed by atoms with E-state index in [1.54, 1.807) is 26.0 Å². The number of hydrogen-bond donors (Lipinski definition) is 1. The van der Waals surface area contributed by atoms with Crippen LogP contribution in [0.5, 0.6) is 0 Å². The summed E-state index contributed by atoms with van der Waals surface area (Å²) in [6.45, 7) is 6.21. The van der Waals surface area contributed by atoms with E-state index in [1.807, 2.05) is 6.92 Å². The number of pyridine rings is 1. The summed E-state index contributed by atoms with van der Waals surface area (Å²) < 4.78 is 5.23. The molecule has 7 heteroatoms. The van der Waals surface area contributed by atoms with E-state index >= 15 is 0 Å². The molecule has 6 nitrogen and oxygen atoms in total. The van der Waals surface area contributed by atoms with E-state index in [4.69, 9.17) is 21.4 Å². The van der Waals surface area contributed by atoms with Crippen LogP contribution in [-0.2, 0) is 14.3 Å². The minimum atomic E-state index is -1.53. The molecule has 1 N–H and O–H groups in total. The lowest BCUT2D eigenvalue weighted by atomic mass is 10.1. The first-order chi connectivity index (χ1) is 10.4. The summed E-state index contributed by atoms with van der Waals surface area (Å²) in [6, 6.07) is 3.20. The van der Waals surface area contributed by atoms with Gasteiger partial charge in [-0.2, -0.15) is 0 Å². The van der Waals surface area contributed by atoms with Crippen LogP contribution in [0.1, 0.15) is 26.5 Å². The van der Waals surface area contributed by atoms with Gasteiger partial charge in [0, 0.05) is 24.4 Å². The van der Waals surface area contributed by atoms with Crippen molar-refractivity contribution in [2.75, 3.05) is 19.8 Å². The molecule has 0 aromatic carbocycles. The normalized spacial score (nSPS) is 10.2. The fourth-order valence-corrected chi connectivity index (χ4v) is 2.09. The molecule has 0 saturated heterocycles. The van der Waals surface area contributed by atoms with Crippen LogP contribution in [0.25, 0.3) is 5.70 Å². The first-order valence-electron chi connectivity index (χ1n) is 6.80. The van der Waals surface area contributed by atoms with Crippen molar-refractivity contribution in [3.63, 3.8) is 0 Å². The quantitative estimate of drug-likeness (QED) is 0.641. The fourth-order valence-electron chi connectivity index (χ4n) is 1.93. The molecule has 0 aliphatic carbocycles. The molecule has 1 aromatic rings. The second-order valence-corrected chi connectivity index (χ2v) is 5.10. The van der Waals surface area contributed by atoms with Crippen LogP contribution in [-0.4, -0.2) is 46.6 Å². The molecule has 1 rings (SSSR count). The third-order valence-corrected chi connectivity index (χ3v) is 3.03. The number of aliphatic carboxylic acids is 1. The average Bonchev–Trinajstić information content (AvgIpc) is 2.45. The summed E-state index contributed by atoms with van der Waals surface area (Å²) in [6.07, 6.45) is 1.51. The van der Waals surface area contributed by atoms with Crippen LogP contribution in [0.15, 0.2) is 23.9 Å². The van der Waals surface area contributed by atoms with Crippen molar-refractivity contribution < 1.29 is 19.4 Å². The minimum absolute atomic E-state index is 0.119. The maximum absolute atomic E-state index is 12.0. The summed E-state index contributed by atoms with van der Waals surface area (Å²) in [7, 11) is 0. The summed E-state index contributed by atoms with van der Waals surface area (Å²) in [5.74, 6) is -2.56. The SMILES string of the molecule is CCOCCN(C(=O)C(=O)O)C(=C(C)C)c1cc(Cl)ccn1. The highest BCUT2D eigenvalue weighted by molar-refractivity contribution is 6.33. The smallest absolute Gasteiger partial charge is 0.394 e. The number of aromatic nitrogens is 1. The maximum Gasteiger partial charge on any atom is 0.394 e. The molecule has 0 aliphatic heterocycles. The van der Waals surface area contributed by atoms with Crippen molar-refractivity contribution in [1.82, 2.24) is 9.88 Å². The molecule has 0 fully saturated rings. The van der Waals surface area contributed by atoms with E-state index in [1.165, 1.54) is 6.20 Å². The molecular weight excluding hydrogens is 308 g/mol. The molecular formula is C15H19ClN2O4. The van der Waals surface area contributed by atoms with Crippen molar-refractivity contribution in [1.29, 1.82) is 0 Å². The second-order valence-electron chi connectivity index (χ2n) is 4.67. The Bertz CT molecular complexity index is 583. The first-order valence-corrected chi connectivity index (χ1v) is 7.18. The van der Waals surface area contributed by atoms with Crippen molar-refractivity contribution >= 4 is 29.2 Å². The molecule has 1 heterocycles. The van der Waals surface area contributed by atoms with Crippen molar-refractivity contribution in [2.45, 2.75) is 20.8 Å². The zero-order chi connectivity index (χ0) is 16.7. The van der Waals surface area contributed by atoms with Gasteiger partial charge in [0.2, 0.25) is 0 Å². The number of ether oxygens (including phenoxy) is 1. The molecule has 0 atom stereocenters. The van der Waals surface area contributed by atoms with Crippen LogP contribution in [0.2, 0.25) is 5.02 Å². The van der Waals surface area contributed by atoms with Gasteiger partial charge in [-0.25, -0.2) is 4.79 Å². The number of nitrogens with zero attached hydrogens (tertiary/aromatic N) is 2. The largest absolute Gasteiger partial charge is 0.474 e. The number of allylic oxidation sites excluding steroid dienone is 1. The van der Waals surface area contributed by atoms with E-state index in [9.17, 15) is 9.59 Å². The highest BCUT2D eigenvalue weighted by atomic mass is 35.5. The van der Waals surface area contributed by atoms with Crippen LogP contribution >= 0.6 is 11.6 Å². The predicted molar refractivity (Wildman–Crippen MR) is 83.4 cm³/mol. The number of rotatable bonds is 6. The number of carboxylic acids is 1. The van der Waals surface area contributed by atoms with Gasteiger partial charge in [0.25, 0.3) is 0 Å². The molecule has 22 heavy (non-hydrogen) atoms. The lowest BCUT2D eigenvalue weighted by Crippen LogP contribution is -2.38. The Morgan fingerprint density at radius 3 is 2.59 bits per heavy atom.